The van der Waals surface area contributed by atoms with Crippen LogP contribution in [0, 0.1) is 0 Å². The van der Waals surface area contributed by atoms with Crippen molar-refractivity contribution in [1.29, 1.82) is 0 Å². The number of rotatable bonds is 3. The van der Waals surface area contributed by atoms with E-state index in [-0.39, 0.29) is 5.78 Å². The number of pyridine rings is 1. The van der Waals surface area contributed by atoms with Crippen LogP contribution in [0.1, 0.15) is 28.5 Å². The zero-order valence-electron chi connectivity index (χ0n) is 9.68. The summed E-state index contributed by atoms with van der Waals surface area (Å²) < 4.78 is 0. The second kappa shape index (κ2) is 4.78. The lowest BCUT2D eigenvalue weighted by molar-refractivity contribution is 0.103. The van der Waals surface area contributed by atoms with E-state index in [0.717, 1.165) is 12.0 Å². The lowest BCUT2D eigenvalue weighted by Gasteiger charge is -2.03. The lowest BCUT2D eigenvalue weighted by atomic mass is 10.0. The van der Waals surface area contributed by atoms with E-state index in [4.69, 9.17) is 5.73 Å². The van der Waals surface area contributed by atoms with Crippen LogP contribution < -0.4 is 5.73 Å². The molecule has 17 heavy (non-hydrogen) atoms. The molecule has 86 valence electrons. The third-order valence-electron chi connectivity index (χ3n) is 2.62. The van der Waals surface area contributed by atoms with Gasteiger partial charge >= 0.3 is 0 Å². The van der Waals surface area contributed by atoms with Gasteiger partial charge in [-0.1, -0.05) is 25.1 Å². The van der Waals surface area contributed by atoms with Gasteiger partial charge in [-0.05, 0) is 30.2 Å². The Balaban J connectivity index is 2.33. The van der Waals surface area contributed by atoms with E-state index >= 15 is 0 Å². The number of hydrogen-bond donors (Lipinski definition) is 1. The summed E-state index contributed by atoms with van der Waals surface area (Å²) in [6, 6.07) is 10.9. The van der Waals surface area contributed by atoms with E-state index < -0.39 is 0 Å². The van der Waals surface area contributed by atoms with E-state index in [0.29, 0.717) is 16.9 Å². The summed E-state index contributed by atoms with van der Waals surface area (Å²) >= 11 is 0. The zero-order chi connectivity index (χ0) is 12.3. The van der Waals surface area contributed by atoms with Crippen LogP contribution in [0.3, 0.4) is 0 Å². The highest BCUT2D eigenvalue weighted by molar-refractivity contribution is 6.07. The second-order valence-corrected chi connectivity index (χ2v) is 3.86. The van der Waals surface area contributed by atoms with Gasteiger partial charge in [0.25, 0.3) is 0 Å². The highest BCUT2D eigenvalue weighted by Gasteiger charge is 2.10. The number of nitrogens with zero attached hydrogens (tertiary/aromatic N) is 1. The largest absolute Gasteiger partial charge is 0.397 e. The van der Waals surface area contributed by atoms with Crippen molar-refractivity contribution in [1.82, 2.24) is 4.98 Å². The maximum absolute atomic E-state index is 12.1. The van der Waals surface area contributed by atoms with Crippen molar-refractivity contribution in [2.75, 3.05) is 5.73 Å². The summed E-state index contributed by atoms with van der Waals surface area (Å²) in [5.74, 6) is -0.0692. The Morgan fingerprint density at radius 2 is 2.12 bits per heavy atom. The van der Waals surface area contributed by atoms with Crippen LogP contribution >= 0.6 is 0 Å². The van der Waals surface area contributed by atoms with Crippen LogP contribution in [0.4, 0.5) is 5.69 Å². The van der Waals surface area contributed by atoms with E-state index in [2.05, 4.69) is 11.9 Å². The molecule has 0 unspecified atom stereocenters. The van der Waals surface area contributed by atoms with Crippen LogP contribution in [0.5, 0.6) is 0 Å². The van der Waals surface area contributed by atoms with Gasteiger partial charge in [-0.15, -0.1) is 0 Å². The molecular formula is C14H14N2O. The molecule has 1 aromatic carbocycles. The molecule has 3 nitrogen and oxygen atoms in total. The van der Waals surface area contributed by atoms with Gasteiger partial charge in [-0.3, -0.25) is 9.78 Å². The minimum atomic E-state index is -0.0692. The summed E-state index contributed by atoms with van der Waals surface area (Å²) in [6.07, 6.45) is 2.41. The molecule has 0 amide bonds. The first kappa shape index (κ1) is 11.3. The Morgan fingerprint density at radius 1 is 1.29 bits per heavy atom. The number of ketones is 1. The Labute approximate surface area is 100 Å². The fourth-order valence-corrected chi connectivity index (χ4v) is 1.62. The Bertz CT molecular complexity index is 532. The van der Waals surface area contributed by atoms with Gasteiger partial charge in [0.2, 0.25) is 5.78 Å². The predicted molar refractivity (Wildman–Crippen MR) is 67.9 cm³/mol. The first-order valence-corrected chi connectivity index (χ1v) is 5.56. The van der Waals surface area contributed by atoms with Gasteiger partial charge in [0.05, 0.1) is 11.9 Å². The van der Waals surface area contributed by atoms with Gasteiger partial charge < -0.3 is 5.73 Å². The van der Waals surface area contributed by atoms with Gasteiger partial charge in [0.1, 0.15) is 5.69 Å². The van der Waals surface area contributed by atoms with Gasteiger partial charge in [-0.2, -0.15) is 0 Å². The molecule has 0 radical (unpaired) electrons. The van der Waals surface area contributed by atoms with Crippen molar-refractivity contribution >= 4 is 11.5 Å². The molecule has 3 heteroatoms. The summed E-state index contributed by atoms with van der Waals surface area (Å²) in [5, 5.41) is 0. The van der Waals surface area contributed by atoms with E-state index in [1.807, 2.05) is 18.2 Å². The lowest BCUT2D eigenvalue weighted by Crippen LogP contribution is -2.04. The molecule has 1 aromatic heterocycles. The van der Waals surface area contributed by atoms with E-state index in [9.17, 15) is 4.79 Å². The number of aromatic nitrogens is 1. The standard InChI is InChI=1S/C14H14N2O/c1-2-10-4-3-5-11(8-10)14(17)13-7-6-12(15)9-16-13/h3-9H,2,15H2,1H3. The molecule has 0 aliphatic carbocycles. The molecule has 0 fully saturated rings. The average Bonchev–Trinajstić information content (AvgIpc) is 2.39. The maximum Gasteiger partial charge on any atom is 0.211 e. The molecule has 0 saturated heterocycles. The Kier molecular flexibility index (Phi) is 3.19. The van der Waals surface area contributed by atoms with Crippen molar-refractivity contribution in [3.8, 4) is 0 Å². The van der Waals surface area contributed by atoms with Crippen LogP contribution in [0.25, 0.3) is 0 Å². The molecule has 0 spiro atoms. The monoisotopic (exact) mass is 226 g/mol. The van der Waals surface area contributed by atoms with Gasteiger partial charge in [0, 0.05) is 5.56 Å². The maximum atomic E-state index is 12.1. The van der Waals surface area contributed by atoms with Crippen LogP contribution in [0.15, 0.2) is 42.6 Å². The number of carbonyl (C=O) groups excluding carboxylic acids is 1. The van der Waals surface area contributed by atoms with Crippen molar-refractivity contribution in [2.45, 2.75) is 13.3 Å². The van der Waals surface area contributed by atoms with Crippen LogP contribution in [-0.4, -0.2) is 10.8 Å². The van der Waals surface area contributed by atoms with Crippen molar-refractivity contribution in [3.63, 3.8) is 0 Å². The van der Waals surface area contributed by atoms with Crippen LogP contribution in [-0.2, 0) is 6.42 Å². The summed E-state index contributed by atoms with van der Waals surface area (Å²) in [6.45, 7) is 2.06. The number of benzene rings is 1. The van der Waals surface area contributed by atoms with E-state index in [1.165, 1.54) is 6.20 Å². The number of nitrogen functional groups attached to an aromatic ring is 1. The fourth-order valence-electron chi connectivity index (χ4n) is 1.62. The van der Waals surface area contributed by atoms with Crippen molar-refractivity contribution in [3.05, 3.63) is 59.4 Å². The highest BCUT2D eigenvalue weighted by Crippen LogP contribution is 2.11. The average molecular weight is 226 g/mol. The topological polar surface area (TPSA) is 56.0 Å². The Morgan fingerprint density at radius 3 is 2.76 bits per heavy atom. The van der Waals surface area contributed by atoms with Crippen LogP contribution in [0.2, 0.25) is 0 Å². The number of carbonyl (C=O) groups is 1. The smallest absolute Gasteiger partial charge is 0.211 e. The third-order valence-corrected chi connectivity index (χ3v) is 2.62. The highest BCUT2D eigenvalue weighted by atomic mass is 16.1. The van der Waals surface area contributed by atoms with E-state index in [1.54, 1.807) is 18.2 Å². The first-order chi connectivity index (χ1) is 8.20. The molecule has 0 atom stereocenters. The predicted octanol–water partition coefficient (Wildman–Crippen LogP) is 2.46. The first-order valence-electron chi connectivity index (χ1n) is 5.56. The molecule has 0 aliphatic rings. The summed E-state index contributed by atoms with van der Waals surface area (Å²) in [5.41, 5.74) is 8.33. The third kappa shape index (κ3) is 2.50. The Hall–Kier alpha value is -2.16. The number of hydrogen-bond acceptors (Lipinski definition) is 3. The van der Waals surface area contributed by atoms with Gasteiger partial charge in [0.15, 0.2) is 0 Å². The number of anilines is 1. The summed E-state index contributed by atoms with van der Waals surface area (Å²) in [4.78, 5) is 16.2. The molecule has 2 aromatic rings. The van der Waals surface area contributed by atoms with Crippen molar-refractivity contribution in [2.24, 2.45) is 0 Å². The second-order valence-electron chi connectivity index (χ2n) is 3.86. The summed E-state index contributed by atoms with van der Waals surface area (Å²) in [7, 11) is 0. The molecule has 0 aliphatic heterocycles. The van der Waals surface area contributed by atoms with Gasteiger partial charge in [-0.25, -0.2) is 0 Å². The fraction of sp³-hybridized carbons (Fsp3) is 0.143. The molecule has 2 rings (SSSR count). The molecule has 0 bridgehead atoms. The number of nitrogens with two attached hydrogens (primary N) is 1. The zero-order valence-corrected chi connectivity index (χ0v) is 9.68. The molecule has 1 heterocycles. The minimum absolute atomic E-state index is 0.0692. The van der Waals surface area contributed by atoms with Crippen molar-refractivity contribution < 1.29 is 4.79 Å². The number of aryl methyl sites for hydroxylation is 1. The molecular weight excluding hydrogens is 212 g/mol. The molecule has 0 saturated carbocycles. The quantitative estimate of drug-likeness (QED) is 0.818. The minimum Gasteiger partial charge on any atom is -0.397 e. The normalized spacial score (nSPS) is 10.2. The SMILES string of the molecule is CCc1cccc(C(=O)c2ccc(N)cn2)c1. The molecule has 2 N–H and O–H groups in total.